The second kappa shape index (κ2) is 5.45. The van der Waals surface area contributed by atoms with Gasteiger partial charge < -0.3 is 10.4 Å². The van der Waals surface area contributed by atoms with Crippen molar-refractivity contribution in [3.05, 3.63) is 17.5 Å². The maximum atomic E-state index is 11.3. The van der Waals surface area contributed by atoms with Crippen LogP contribution in [-0.4, -0.2) is 26.6 Å². The monoisotopic (exact) mass is 248 g/mol. The number of aryl methyl sites for hydroxylation is 1. The second-order valence-electron chi connectivity index (χ2n) is 4.34. The number of nitriles is 1. The SMILES string of the molecule is CCCC(C)(Nc1nc(C)cc(C#N)n1)C(=O)O. The number of rotatable bonds is 5. The smallest absolute Gasteiger partial charge is 0.329 e. The van der Waals surface area contributed by atoms with Crippen LogP contribution >= 0.6 is 0 Å². The number of anilines is 1. The summed E-state index contributed by atoms with van der Waals surface area (Å²) >= 11 is 0. The summed E-state index contributed by atoms with van der Waals surface area (Å²) in [5.41, 5.74) is -0.294. The molecule has 0 amide bonds. The largest absolute Gasteiger partial charge is 0.480 e. The van der Waals surface area contributed by atoms with Gasteiger partial charge in [-0.25, -0.2) is 14.8 Å². The highest BCUT2D eigenvalue weighted by atomic mass is 16.4. The maximum Gasteiger partial charge on any atom is 0.329 e. The van der Waals surface area contributed by atoms with Crippen LogP contribution in [0.3, 0.4) is 0 Å². The van der Waals surface area contributed by atoms with E-state index < -0.39 is 11.5 Å². The number of carbonyl (C=O) groups is 1. The fourth-order valence-electron chi connectivity index (χ4n) is 1.65. The standard InChI is InChI=1S/C12H16N4O2/c1-4-5-12(3,10(17)18)16-11-14-8(2)6-9(7-13)15-11/h6H,4-5H2,1-3H3,(H,17,18)(H,14,15,16). The third-order valence-corrected chi connectivity index (χ3v) is 2.58. The number of carboxylic acids is 1. The van der Waals surface area contributed by atoms with Gasteiger partial charge in [-0.3, -0.25) is 0 Å². The van der Waals surface area contributed by atoms with Crippen LogP contribution in [-0.2, 0) is 4.79 Å². The molecular weight excluding hydrogens is 232 g/mol. The molecule has 1 heterocycles. The number of aromatic nitrogens is 2. The number of hydrogen-bond acceptors (Lipinski definition) is 5. The molecule has 0 spiro atoms. The molecule has 1 atom stereocenters. The predicted octanol–water partition coefficient (Wildman–Crippen LogP) is 1.71. The zero-order valence-corrected chi connectivity index (χ0v) is 10.7. The van der Waals surface area contributed by atoms with E-state index in [0.29, 0.717) is 18.5 Å². The highest BCUT2D eigenvalue weighted by Crippen LogP contribution is 2.18. The fourth-order valence-corrected chi connectivity index (χ4v) is 1.65. The Balaban J connectivity index is 3.05. The summed E-state index contributed by atoms with van der Waals surface area (Å²) < 4.78 is 0. The van der Waals surface area contributed by atoms with Crippen LogP contribution in [0.5, 0.6) is 0 Å². The summed E-state index contributed by atoms with van der Waals surface area (Å²) in [6.07, 6.45) is 1.16. The van der Waals surface area contributed by atoms with Crippen LogP contribution < -0.4 is 5.32 Å². The normalized spacial score (nSPS) is 13.4. The Bertz CT molecular complexity index is 495. The summed E-state index contributed by atoms with van der Waals surface area (Å²) in [5.74, 6) is -0.794. The molecule has 6 heteroatoms. The van der Waals surface area contributed by atoms with Gasteiger partial charge >= 0.3 is 5.97 Å². The van der Waals surface area contributed by atoms with E-state index >= 15 is 0 Å². The molecule has 1 aromatic rings. The van der Waals surface area contributed by atoms with Gasteiger partial charge in [0, 0.05) is 5.69 Å². The molecule has 0 aliphatic rings. The molecule has 0 aliphatic heterocycles. The molecule has 0 bridgehead atoms. The van der Waals surface area contributed by atoms with Crippen LogP contribution in [0.1, 0.15) is 38.1 Å². The van der Waals surface area contributed by atoms with E-state index in [1.54, 1.807) is 19.9 Å². The summed E-state index contributed by atoms with van der Waals surface area (Å²) in [7, 11) is 0. The van der Waals surface area contributed by atoms with Gasteiger partial charge in [0.2, 0.25) is 5.95 Å². The minimum Gasteiger partial charge on any atom is -0.480 e. The van der Waals surface area contributed by atoms with Gasteiger partial charge in [0.1, 0.15) is 17.3 Å². The molecule has 1 unspecified atom stereocenters. The molecule has 0 fully saturated rings. The van der Waals surface area contributed by atoms with Crippen molar-refractivity contribution in [1.82, 2.24) is 9.97 Å². The zero-order valence-electron chi connectivity index (χ0n) is 10.7. The molecule has 96 valence electrons. The Morgan fingerprint density at radius 2 is 2.28 bits per heavy atom. The van der Waals surface area contributed by atoms with E-state index in [4.69, 9.17) is 5.26 Å². The van der Waals surface area contributed by atoms with Crippen molar-refractivity contribution in [2.24, 2.45) is 0 Å². The van der Waals surface area contributed by atoms with Gasteiger partial charge in [0.05, 0.1) is 0 Å². The first kappa shape index (κ1) is 13.9. The fraction of sp³-hybridized carbons (Fsp3) is 0.500. The molecule has 0 saturated carbocycles. The van der Waals surface area contributed by atoms with Crippen LogP contribution in [0.4, 0.5) is 5.95 Å². The Kier molecular flexibility index (Phi) is 4.21. The van der Waals surface area contributed by atoms with Gasteiger partial charge in [0.15, 0.2) is 0 Å². The van der Waals surface area contributed by atoms with E-state index in [2.05, 4.69) is 15.3 Å². The van der Waals surface area contributed by atoms with Crippen molar-refractivity contribution in [2.75, 3.05) is 5.32 Å². The van der Waals surface area contributed by atoms with Crippen molar-refractivity contribution in [3.8, 4) is 6.07 Å². The van der Waals surface area contributed by atoms with Gasteiger partial charge in [-0.1, -0.05) is 13.3 Å². The lowest BCUT2D eigenvalue weighted by Gasteiger charge is -2.25. The maximum absolute atomic E-state index is 11.3. The first-order valence-corrected chi connectivity index (χ1v) is 5.68. The van der Waals surface area contributed by atoms with Gasteiger partial charge in [0.25, 0.3) is 0 Å². The molecule has 1 rings (SSSR count). The highest BCUT2D eigenvalue weighted by Gasteiger charge is 2.32. The Morgan fingerprint density at radius 3 is 2.78 bits per heavy atom. The first-order chi connectivity index (χ1) is 8.41. The predicted molar refractivity (Wildman–Crippen MR) is 66.1 cm³/mol. The van der Waals surface area contributed by atoms with Crippen LogP contribution in [0.15, 0.2) is 6.07 Å². The van der Waals surface area contributed by atoms with Crippen molar-refractivity contribution >= 4 is 11.9 Å². The summed E-state index contributed by atoms with van der Waals surface area (Å²) in [5, 5.41) is 20.8. The van der Waals surface area contributed by atoms with Crippen LogP contribution in [0.2, 0.25) is 0 Å². The molecule has 1 aromatic heterocycles. The second-order valence-corrected chi connectivity index (χ2v) is 4.34. The van der Waals surface area contributed by atoms with Crippen molar-refractivity contribution in [3.63, 3.8) is 0 Å². The molecule has 0 radical (unpaired) electrons. The lowest BCUT2D eigenvalue weighted by atomic mass is 9.97. The van der Waals surface area contributed by atoms with E-state index in [9.17, 15) is 9.90 Å². The Labute approximate surface area is 106 Å². The van der Waals surface area contributed by atoms with Crippen molar-refractivity contribution < 1.29 is 9.90 Å². The summed E-state index contributed by atoms with van der Waals surface area (Å²) in [6, 6.07) is 3.46. The topological polar surface area (TPSA) is 98.9 Å². The average molecular weight is 248 g/mol. The molecule has 6 nitrogen and oxygen atoms in total. The molecule has 18 heavy (non-hydrogen) atoms. The van der Waals surface area contributed by atoms with Gasteiger partial charge in [-0.05, 0) is 26.3 Å². The number of hydrogen-bond donors (Lipinski definition) is 2. The van der Waals surface area contributed by atoms with E-state index in [1.807, 2.05) is 13.0 Å². The number of aliphatic carboxylic acids is 1. The Morgan fingerprint density at radius 1 is 1.61 bits per heavy atom. The quantitative estimate of drug-likeness (QED) is 0.823. The lowest BCUT2D eigenvalue weighted by molar-refractivity contribution is -0.142. The number of nitrogens with one attached hydrogen (secondary N) is 1. The molecule has 0 saturated heterocycles. The first-order valence-electron chi connectivity index (χ1n) is 5.68. The molecule has 0 aromatic carbocycles. The average Bonchev–Trinajstić information content (AvgIpc) is 2.28. The Hall–Kier alpha value is -2.16. The minimum atomic E-state index is -1.13. The third-order valence-electron chi connectivity index (χ3n) is 2.58. The molecular formula is C12H16N4O2. The van der Waals surface area contributed by atoms with E-state index in [-0.39, 0.29) is 11.6 Å². The van der Waals surface area contributed by atoms with Crippen LogP contribution in [0, 0.1) is 18.3 Å². The minimum absolute atomic E-state index is 0.171. The number of nitrogens with zero attached hydrogens (tertiary/aromatic N) is 3. The number of carboxylic acid groups (broad SMARTS) is 1. The van der Waals surface area contributed by atoms with Crippen LogP contribution in [0.25, 0.3) is 0 Å². The zero-order chi connectivity index (χ0) is 13.8. The highest BCUT2D eigenvalue weighted by molar-refractivity contribution is 5.81. The lowest BCUT2D eigenvalue weighted by Crippen LogP contribution is -2.43. The van der Waals surface area contributed by atoms with E-state index in [0.717, 1.165) is 0 Å². The van der Waals surface area contributed by atoms with Gasteiger partial charge in [-0.2, -0.15) is 5.26 Å². The summed E-state index contributed by atoms with van der Waals surface area (Å²) in [6.45, 7) is 5.21. The van der Waals surface area contributed by atoms with Gasteiger partial charge in [-0.15, -0.1) is 0 Å². The summed E-state index contributed by atoms with van der Waals surface area (Å²) in [4.78, 5) is 19.3. The molecule has 0 aliphatic carbocycles. The third kappa shape index (κ3) is 3.17. The van der Waals surface area contributed by atoms with Crippen molar-refractivity contribution in [1.29, 1.82) is 5.26 Å². The molecule has 2 N–H and O–H groups in total. The van der Waals surface area contributed by atoms with Crippen molar-refractivity contribution in [2.45, 2.75) is 39.2 Å². The van der Waals surface area contributed by atoms with E-state index in [1.165, 1.54) is 0 Å².